The van der Waals surface area contributed by atoms with Crippen molar-refractivity contribution < 1.29 is 14.6 Å². The molecule has 10 nitrogen and oxygen atoms in total. The van der Waals surface area contributed by atoms with Gasteiger partial charge in [0.15, 0.2) is 0 Å². The van der Waals surface area contributed by atoms with Crippen molar-refractivity contribution in [2.75, 3.05) is 42.9 Å². The molecule has 0 atom stereocenters. The van der Waals surface area contributed by atoms with Crippen LogP contribution in [0.4, 0.5) is 22.7 Å². The van der Waals surface area contributed by atoms with Gasteiger partial charge in [-0.2, -0.15) is 0 Å². The quantitative estimate of drug-likeness (QED) is 0.564. The Morgan fingerprint density at radius 1 is 1.00 bits per heavy atom. The number of amides is 1. The second-order valence-corrected chi connectivity index (χ2v) is 6.89. The van der Waals surface area contributed by atoms with E-state index >= 15 is 0 Å². The van der Waals surface area contributed by atoms with Crippen molar-refractivity contribution in [2.45, 2.75) is 0 Å². The minimum atomic E-state index is -0.611. The molecule has 1 N–H and O–H groups in total. The highest BCUT2D eigenvalue weighted by Gasteiger charge is 2.24. The third kappa shape index (κ3) is 4.98. The second-order valence-electron chi connectivity index (χ2n) is 6.48. The Balaban J connectivity index is 1.56. The molecule has 2 aromatic rings. The molecule has 152 valence electrons. The van der Waals surface area contributed by atoms with Crippen LogP contribution in [0.1, 0.15) is 0 Å². The zero-order valence-electron chi connectivity index (χ0n) is 15.3. The molecule has 1 aliphatic rings. The van der Waals surface area contributed by atoms with Gasteiger partial charge in [0.2, 0.25) is 5.91 Å². The number of benzene rings is 2. The minimum absolute atomic E-state index is 0.000809. The first-order chi connectivity index (χ1) is 13.8. The lowest BCUT2D eigenvalue weighted by atomic mass is 10.2. The molecule has 29 heavy (non-hydrogen) atoms. The lowest BCUT2D eigenvalue weighted by Gasteiger charge is -2.35. The van der Waals surface area contributed by atoms with Crippen LogP contribution in [0.25, 0.3) is 0 Å². The summed E-state index contributed by atoms with van der Waals surface area (Å²) in [5.41, 5.74) is 0.644. The number of hydrogen-bond donors (Lipinski definition) is 1. The fraction of sp³-hybridized carbons (Fsp3) is 0.278. The Kier molecular flexibility index (Phi) is 6.25. The maximum Gasteiger partial charge on any atom is 0.292 e. The SMILES string of the molecule is O=C(CN1CCN(c2ccccc2[N+](=O)[O-])CC1)Nc1ccc(Cl)c([N+](=O)[O-])c1. The molecule has 11 heteroatoms. The molecular formula is C18H18ClN5O5. The van der Waals surface area contributed by atoms with E-state index in [0.717, 1.165) is 0 Å². The molecule has 2 aromatic carbocycles. The lowest BCUT2D eigenvalue weighted by Crippen LogP contribution is -2.48. The van der Waals surface area contributed by atoms with Crippen LogP contribution in [0.2, 0.25) is 5.02 Å². The minimum Gasteiger partial charge on any atom is -0.363 e. The number of carbonyl (C=O) groups is 1. The highest BCUT2D eigenvalue weighted by atomic mass is 35.5. The highest BCUT2D eigenvalue weighted by Crippen LogP contribution is 2.29. The third-order valence-corrected chi connectivity index (χ3v) is 4.90. The number of halogens is 1. The second kappa shape index (κ2) is 8.84. The van der Waals surface area contributed by atoms with Gasteiger partial charge in [0.25, 0.3) is 11.4 Å². The van der Waals surface area contributed by atoms with Crippen LogP contribution >= 0.6 is 11.6 Å². The van der Waals surface area contributed by atoms with Gasteiger partial charge in [0.1, 0.15) is 10.7 Å². The molecule has 0 aliphatic carbocycles. The first-order valence-corrected chi connectivity index (χ1v) is 9.17. The summed E-state index contributed by atoms with van der Waals surface area (Å²) in [7, 11) is 0. The number of piperazine rings is 1. The van der Waals surface area contributed by atoms with Crippen LogP contribution in [0.5, 0.6) is 0 Å². The van der Waals surface area contributed by atoms with Gasteiger partial charge in [-0.3, -0.25) is 29.9 Å². The maximum atomic E-state index is 12.3. The Morgan fingerprint density at radius 2 is 1.66 bits per heavy atom. The number of nitro groups is 2. The Morgan fingerprint density at radius 3 is 2.31 bits per heavy atom. The van der Waals surface area contributed by atoms with Crippen LogP contribution in [0, 0.1) is 20.2 Å². The highest BCUT2D eigenvalue weighted by molar-refractivity contribution is 6.32. The molecule has 1 aliphatic heterocycles. The van der Waals surface area contributed by atoms with Crippen molar-refractivity contribution in [3.63, 3.8) is 0 Å². The fourth-order valence-electron chi connectivity index (χ4n) is 3.17. The van der Waals surface area contributed by atoms with Gasteiger partial charge in [0.05, 0.1) is 16.4 Å². The van der Waals surface area contributed by atoms with Crippen molar-refractivity contribution in [3.05, 3.63) is 67.7 Å². The summed E-state index contributed by atoms with van der Waals surface area (Å²) in [4.78, 5) is 37.3. The van der Waals surface area contributed by atoms with E-state index in [9.17, 15) is 25.0 Å². The Bertz CT molecular complexity index is 946. The molecule has 0 bridgehead atoms. The summed E-state index contributed by atoms with van der Waals surface area (Å²) in [6.07, 6.45) is 0. The van der Waals surface area contributed by atoms with Gasteiger partial charge in [-0.15, -0.1) is 0 Å². The smallest absolute Gasteiger partial charge is 0.292 e. The van der Waals surface area contributed by atoms with Crippen molar-refractivity contribution in [1.82, 2.24) is 4.90 Å². The van der Waals surface area contributed by atoms with Crippen molar-refractivity contribution >= 4 is 40.3 Å². The lowest BCUT2D eigenvalue weighted by molar-refractivity contribution is -0.384. The average Bonchev–Trinajstić information content (AvgIpc) is 2.69. The number of hydrogen-bond acceptors (Lipinski definition) is 7. The van der Waals surface area contributed by atoms with Gasteiger partial charge >= 0.3 is 0 Å². The summed E-state index contributed by atoms with van der Waals surface area (Å²) in [6, 6.07) is 10.7. The van der Waals surface area contributed by atoms with Crippen LogP contribution in [0.15, 0.2) is 42.5 Å². The third-order valence-electron chi connectivity index (χ3n) is 4.59. The predicted molar refractivity (Wildman–Crippen MR) is 108 cm³/mol. The molecule has 1 heterocycles. The Labute approximate surface area is 171 Å². The van der Waals surface area contributed by atoms with Gasteiger partial charge in [-0.05, 0) is 18.2 Å². The van der Waals surface area contributed by atoms with Crippen LogP contribution in [-0.4, -0.2) is 53.4 Å². The van der Waals surface area contributed by atoms with E-state index in [1.54, 1.807) is 18.2 Å². The van der Waals surface area contributed by atoms with E-state index in [2.05, 4.69) is 5.32 Å². The summed E-state index contributed by atoms with van der Waals surface area (Å²) in [6.45, 7) is 2.32. The first kappa shape index (κ1) is 20.5. The van der Waals surface area contributed by atoms with Crippen molar-refractivity contribution in [1.29, 1.82) is 0 Å². The number of rotatable bonds is 6. The van der Waals surface area contributed by atoms with E-state index in [-0.39, 0.29) is 28.8 Å². The number of nitrogens with one attached hydrogen (secondary N) is 1. The average molecular weight is 420 g/mol. The van der Waals surface area contributed by atoms with E-state index < -0.39 is 9.85 Å². The molecule has 0 saturated carbocycles. The molecule has 0 radical (unpaired) electrons. The monoisotopic (exact) mass is 419 g/mol. The van der Waals surface area contributed by atoms with Gasteiger partial charge in [-0.1, -0.05) is 23.7 Å². The summed E-state index contributed by atoms with van der Waals surface area (Å²) >= 11 is 5.77. The van der Waals surface area contributed by atoms with Gasteiger partial charge in [-0.25, -0.2) is 0 Å². The standard InChI is InChI=1S/C18H18ClN5O5/c19-14-6-5-13(11-17(14)24(28)29)20-18(25)12-21-7-9-22(10-8-21)15-3-1-2-4-16(15)23(26)27/h1-6,11H,7-10,12H2,(H,20,25). The molecule has 3 rings (SSSR count). The number of nitrogens with zero attached hydrogens (tertiary/aromatic N) is 4. The molecular weight excluding hydrogens is 402 g/mol. The molecule has 1 amide bonds. The summed E-state index contributed by atoms with van der Waals surface area (Å²) in [5, 5.41) is 24.8. The predicted octanol–water partition coefficient (Wildman–Crippen LogP) is 2.92. The molecule has 0 unspecified atom stereocenters. The fourth-order valence-corrected chi connectivity index (χ4v) is 3.35. The molecule has 1 fully saturated rings. The largest absolute Gasteiger partial charge is 0.363 e. The van der Waals surface area contributed by atoms with E-state index in [0.29, 0.717) is 37.6 Å². The van der Waals surface area contributed by atoms with E-state index in [1.807, 2.05) is 9.80 Å². The van der Waals surface area contributed by atoms with Crippen LogP contribution < -0.4 is 10.2 Å². The zero-order chi connectivity index (χ0) is 21.0. The van der Waals surface area contributed by atoms with E-state index in [4.69, 9.17) is 11.6 Å². The normalized spacial score (nSPS) is 14.4. The van der Waals surface area contributed by atoms with E-state index in [1.165, 1.54) is 24.3 Å². The number of anilines is 2. The van der Waals surface area contributed by atoms with Crippen LogP contribution in [-0.2, 0) is 4.79 Å². The number of para-hydroxylation sites is 2. The topological polar surface area (TPSA) is 122 Å². The first-order valence-electron chi connectivity index (χ1n) is 8.79. The summed E-state index contributed by atoms with van der Waals surface area (Å²) < 4.78 is 0. The van der Waals surface area contributed by atoms with Gasteiger partial charge < -0.3 is 10.2 Å². The maximum absolute atomic E-state index is 12.3. The Hall–Kier alpha value is -3.24. The molecule has 1 saturated heterocycles. The van der Waals surface area contributed by atoms with Crippen molar-refractivity contribution in [2.24, 2.45) is 0 Å². The van der Waals surface area contributed by atoms with Gasteiger partial charge in [0, 0.05) is 44.0 Å². The van der Waals surface area contributed by atoms with Crippen LogP contribution in [0.3, 0.4) is 0 Å². The molecule has 0 spiro atoms. The molecule has 0 aromatic heterocycles. The number of carbonyl (C=O) groups excluding carboxylic acids is 1. The number of nitro benzene ring substituents is 2. The zero-order valence-corrected chi connectivity index (χ0v) is 16.0. The van der Waals surface area contributed by atoms with Crippen molar-refractivity contribution in [3.8, 4) is 0 Å². The summed E-state index contributed by atoms with van der Waals surface area (Å²) in [5.74, 6) is -0.305.